The molecule has 0 radical (unpaired) electrons. The van der Waals surface area contributed by atoms with Crippen molar-refractivity contribution < 1.29 is 9.63 Å². The Morgan fingerprint density at radius 2 is 2.17 bits per heavy atom. The second kappa shape index (κ2) is 6.44. The van der Waals surface area contributed by atoms with E-state index in [1.165, 1.54) is 4.85 Å². The van der Waals surface area contributed by atoms with Crippen LogP contribution in [-0.2, 0) is 4.79 Å². The molecule has 2 aromatic rings. The van der Waals surface area contributed by atoms with Crippen molar-refractivity contribution >= 4 is 16.9 Å². The second-order valence-electron chi connectivity index (χ2n) is 5.21. The number of rotatable bonds is 8. The first kappa shape index (κ1) is 15.0. The third kappa shape index (κ3) is 3.63. The van der Waals surface area contributed by atoms with Crippen LogP contribution in [0.25, 0.3) is 11.0 Å². The summed E-state index contributed by atoms with van der Waals surface area (Å²) in [5.41, 5.74) is 1.03. The number of nitrogens with one attached hydrogen (secondary N) is 1. The normalized spacial score (nSPS) is 14.4. The molecule has 118 valence electrons. The van der Waals surface area contributed by atoms with Gasteiger partial charge >= 0.3 is 0 Å². The Labute approximate surface area is 132 Å². The van der Waals surface area contributed by atoms with Crippen LogP contribution in [0, 0.1) is 12.3 Å². The highest BCUT2D eigenvalue weighted by atomic mass is 16.7. The van der Waals surface area contributed by atoms with Gasteiger partial charge in [0.25, 0.3) is 5.91 Å². The maximum absolute atomic E-state index is 11.8. The molecule has 0 bridgehead atoms. The zero-order valence-corrected chi connectivity index (χ0v) is 12.5. The molecule has 0 saturated carbocycles. The number of amides is 1. The van der Waals surface area contributed by atoms with Crippen LogP contribution in [0.1, 0.15) is 19.3 Å². The summed E-state index contributed by atoms with van der Waals surface area (Å²) in [7, 11) is 0. The lowest BCUT2D eigenvalue weighted by molar-refractivity contribution is -0.126. The van der Waals surface area contributed by atoms with E-state index in [0.717, 1.165) is 6.42 Å². The molecule has 3 rings (SSSR count). The number of benzene rings is 1. The first-order chi connectivity index (χ1) is 11.2. The summed E-state index contributed by atoms with van der Waals surface area (Å²) in [6, 6.07) is 7.35. The number of carbonyl (C=O) groups excluding carboxylic acids is 1. The van der Waals surface area contributed by atoms with E-state index < -0.39 is 0 Å². The monoisotopic (exact) mass is 312 g/mol. The van der Waals surface area contributed by atoms with Gasteiger partial charge in [-0.1, -0.05) is 17.0 Å². The van der Waals surface area contributed by atoms with E-state index >= 15 is 0 Å². The van der Waals surface area contributed by atoms with Gasteiger partial charge in [-0.15, -0.1) is 17.4 Å². The van der Waals surface area contributed by atoms with E-state index in [2.05, 4.69) is 31.8 Å². The Balaban J connectivity index is 1.41. The number of terminal acetylenes is 1. The molecular weight excluding hydrogens is 296 g/mol. The van der Waals surface area contributed by atoms with Crippen molar-refractivity contribution in [2.45, 2.75) is 24.9 Å². The maximum atomic E-state index is 11.8. The molecule has 8 nitrogen and oxygen atoms in total. The minimum absolute atomic E-state index is 0.140. The molecular formula is C15H16N6O2. The van der Waals surface area contributed by atoms with Crippen molar-refractivity contribution in [1.29, 1.82) is 0 Å². The van der Waals surface area contributed by atoms with Gasteiger partial charge in [0.15, 0.2) is 12.3 Å². The molecule has 1 N–H and O–H groups in total. The summed E-state index contributed by atoms with van der Waals surface area (Å²) in [6.07, 6.45) is 7.23. The number of para-hydroxylation sites is 1. The van der Waals surface area contributed by atoms with Crippen LogP contribution in [-0.4, -0.2) is 39.9 Å². The van der Waals surface area contributed by atoms with Gasteiger partial charge < -0.3 is 10.2 Å². The predicted octanol–water partition coefficient (Wildman–Crippen LogP) is 0.942. The van der Waals surface area contributed by atoms with E-state index in [9.17, 15) is 4.79 Å². The van der Waals surface area contributed by atoms with Crippen LogP contribution in [0.15, 0.2) is 34.5 Å². The first-order valence-electron chi connectivity index (χ1n) is 7.30. The number of fused-ring (bicyclic) bond motifs is 1. The molecule has 2 heterocycles. The number of nitrogens with zero attached hydrogens (tertiary/aromatic N) is 5. The number of aromatic nitrogens is 3. The van der Waals surface area contributed by atoms with Crippen molar-refractivity contribution in [3.63, 3.8) is 0 Å². The van der Waals surface area contributed by atoms with Gasteiger partial charge in [-0.25, -0.2) is 0 Å². The minimum atomic E-state index is -0.386. The van der Waals surface area contributed by atoms with Gasteiger partial charge in [0.05, 0.1) is 0 Å². The highest BCUT2D eigenvalue weighted by Crippen LogP contribution is 2.35. The van der Waals surface area contributed by atoms with Gasteiger partial charge in [0.1, 0.15) is 11.0 Å². The van der Waals surface area contributed by atoms with Crippen molar-refractivity contribution in [1.82, 2.24) is 20.5 Å². The third-order valence-corrected chi connectivity index (χ3v) is 3.54. The summed E-state index contributed by atoms with van der Waals surface area (Å²) in [5, 5.41) is 18.6. The highest BCUT2D eigenvalue weighted by molar-refractivity contribution is 5.77. The van der Waals surface area contributed by atoms with E-state index in [-0.39, 0.29) is 18.2 Å². The predicted molar refractivity (Wildman–Crippen MR) is 82.3 cm³/mol. The van der Waals surface area contributed by atoms with Crippen LogP contribution in [0.2, 0.25) is 0 Å². The van der Waals surface area contributed by atoms with Crippen molar-refractivity contribution in [3.8, 4) is 12.3 Å². The van der Waals surface area contributed by atoms with E-state index in [1.807, 2.05) is 24.3 Å². The Morgan fingerprint density at radius 1 is 1.35 bits per heavy atom. The molecule has 0 atom stereocenters. The zero-order valence-electron chi connectivity index (χ0n) is 12.5. The first-order valence-corrected chi connectivity index (χ1v) is 7.30. The Bertz CT molecular complexity index is 770. The summed E-state index contributed by atoms with van der Waals surface area (Å²) in [5.74, 6) is 2.33. The lowest BCUT2D eigenvalue weighted by Gasteiger charge is -2.10. The molecule has 1 aliphatic rings. The fourth-order valence-corrected chi connectivity index (χ4v) is 2.18. The summed E-state index contributed by atoms with van der Waals surface area (Å²) < 4.78 is 0. The minimum Gasteiger partial charge on any atom is -0.385 e. The molecule has 23 heavy (non-hydrogen) atoms. The zero-order chi connectivity index (χ0) is 16.1. The van der Waals surface area contributed by atoms with Crippen LogP contribution < -0.4 is 10.2 Å². The highest BCUT2D eigenvalue weighted by Gasteiger charge is 2.38. The Hall–Kier alpha value is -2.95. The lowest BCUT2D eigenvalue weighted by atomic mass is 10.0. The van der Waals surface area contributed by atoms with E-state index in [0.29, 0.717) is 30.4 Å². The van der Waals surface area contributed by atoms with Crippen molar-refractivity contribution in [2.24, 2.45) is 10.2 Å². The van der Waals surface area contributed by atoms with Gasteiger partial charge in [-0.2, -0.15) is 10.2 Å². The second-order valence-corrected chi connectivity index (χ2v) is 5.21. The quantitative estimate of drug-likeness (QED) is 0.734. The largest absolute Gasteiger partial charge is 0.385 e. The van der Waals surface area contributed by atoms with Gasteiger partial charge in [0.2, 0.25) is 0 Å². The fraction of sp³-hybridized carbons (Fsp3) is 0.400. The fourth-order valence-electron chi connectivity index (χ4n) is 2.18. The van der Waals surface area contributed by atoms with Crippen LogP contribution in [0.3, 0.4) is 0 Å². The van der Waals surface area contributed by atoms with E-state index in [4.69, 9.17) is 11.3 Å². The molecule has 0 fully saturated rings. The molecule has 1 aromatic carbocycles. The lowest BCUT2D eigenvalue weighted by Crippen LogP contribution is -2.34. The average Bonchev–Trinajstić information content (AvgIpc) is 3.22. The molecule has 1 aliphatic heterocycles. The van der Waals surface area contributed by atoms with Gasteiger partial charge in [-0.3, -0.25) is 4.79 Å². The topological polar surface area (TPSA) is 93.8 Å². The van der Waals surface area contributed by atoms with Gasteiger partial charge in [-0.05, 0) is 17.3 Å². The molecule has 0 saturated heterocycles. The van der Waals surface area contributed by atoms with E-state index in [1.54, 1.807) is 0 Å². The average molecular weight is 312 g/mol. The summed E-state index contributed by atoms with van der Waals surface area (Å²) >= 11 is 0. The molecule has 0 aliphatic carbocycles. The van der Waals surface area contributed by atoms with Crippen LogP contribution in [0.5, 0.6) is 0 Å². The maximum Gasteiger partial charge on any atom is 0.260 e. The number of hydrogen-bond acceptors (Lipinski definition) is 6. The molecule has 1 amide bonds. The molecule has 1 aromatic heterocycles. The third-order valence-electron chi connectivity index (χ3n) is 3.54. The Kier molecular flexibility index (Phi) is 4.19. The Morgan fingerprint density at radius 3 is 2.96 bits per heavy atom. The molecule has 0 spiro atoms. The standard InChI is InChI=1S/C15H16N6O2/c1-2-3-8-15(18-19-15)9-10-16-14(22)11-23-21-13-7-5-4-6-12(13)17-20-21/h1,4-7H,3,8-11H2,(H,16,22). The smallest absolute Gasteiger partial charge is 0.260 e. The summed E-state index contributed by atoms with van der Waals surface area (Å²) in [6.45, 7) is 0.330. The number of hydrogen-bond donors (Lipinski definition) is 1. The van der Waals surface area contributed by atoms with Gasteiger partial charge in [0, 0.05) is 25.8 Å². The van der Waals surface area contributed by atoms with Crippen molar-refractivity contribution in [3.05, 3.63) is 24.3 Å². The van der Waals surface area contributed by atoms with Crippen LogP contribution >= 0.6 is 0 Å². The SMILES string of the molecule is C#CCCC1(CCNC(=O)COn2nnc3ccccc32)N=N1. The number of carbonyl (C=O) groups is 1. The van der Waals surface area contributed by atoms with Crippen molar-refractivity contribution in [2.75, 3.05) is 13.2 Å². The van der Waals surface area contributed by atoms with Crippen LogP contribution in [0.4, 0.5) is 0 Å². The molecule has 8 heteroatoms. The molecule has 0 unspecified atom stereocenters. The summed E-state index contributed by atoms with van der Waals surface area (Å²) in [4.78, 5) is 18.4.